The molecule has 1 N–H and O–H groups in total. The molecular weight excluding hydrogens is 282 g/mol. The fourth-order valence-electron chi connectivity index (χ4n) is 1.17. The molecule has 0 saturated carbocycles. The zero-order chi connectivity index (χ0) is 13.1. The van der Waals surface area contributed by atoms with E-state index in [0.29, 0.717) is 0 Å². The van der Waals surface area contributed by atoms with Crippen LogP contribution in [-0.2, 0) is 0 Å². The Balaban J connectivity index is 2.24. The molecule has 0 atom stereocenters. The summed E-state index contributed by atoms with van der Waals surface area (Å²) in [5.41, 5.74) is -0.0913. The second kappa shape index (κ2) is 5.24. The predicted molar refractivity (Wildman–Crippen MR) is 64.2 cm³/mol. The summed E-state index contributed by atoms with van der Waals surface area (Å²) in [6.07, 6.45) is 2.10. The first-order valence-corrected chi connectivity index (χ1v) is 5.42. The Morgan fingerprint density at radius 3 is 2.72 bits per heavy atom. The summed E-state index contributed by atoms with van der Waals surface area (Å²) in [4.78, 5) is 22.8. The number of carbonyl (C=O) groups excluding carboxylic acids is 1. The van der Waals surface area contributed by atoms with Crippen molar-refractivity contribution in [2.24, 2.45) is 0 Å². The molecule has 5 nitrogen and oxygen atoms in total. The van der Waals surface area contributed by atoms with Gasteiger partial charge in [-0.3, -0.25) is 4.79 Å². The highest BCUT2D eigenvalue weighted by Crippen LogP contribution is 2.16. The van der Waals surface area contributed by atoms with E-state index in [-0.39, 0.29) is 21.7 Å². The average Bonchev–Trinajstić information content (AvgIpc) is 2.32. The highest BCUT2D eigenvalue weighted by molar-refractivity contribution is 6.33. The Labute approximate surface area is 111 Å². The molecule has 0 spiro atoms. The van der Waals surface area contributed by atoms with Gasteiger partial charge in [0.05, 0.1) is 11.8 Å². The smallest absolute Gasteiger partial charge is 0.260 e. The maximum atomic E-state index is 13.0. The highest BCUT2D eigenvalue weighted by Gasteiger charge is 2.13. The quantitative estimate of drug-likeness (QED) is 0.681. The largest absolute Gasteiger partial charge is 0.306 e. The Morgan fingerprint density at radius 1 is 1.22 bits per heavy atom. The number of aromatic nitrogens is 3. The summed E-state index contributed by atoms with van der Waals surface area (Å²) in [6, 6.07) is 2.33. The van der Waals surface area contributed by atoms with Crippen LogP contribution in [0.1, 0.15) is 10.4 Å². The third kappa shape index (κ3) is 2.91. The van der Waals surface area contributed by atoms with Gasteiger partial charge in [-0.15, -0.1) is 0 Å². The van der Waals surface area contributed by atoms with Gasteiger partial charge in [-0.25, -0.2) is 19.3 Å². The summed E-state index contributed by atoms with van der Waals surface area (Å²) in [7, 11) is 0. The first kappa shape index (κ1) is 12.7. The lowest BCUT2D eigenvalue weighted by molar-refractivity contribution is 0.102. The maximum absolute atomic E-state index is 13.0. The van der Waals surface area contributed by atoms with Crippen molar-refractivity contribution in [3.63, 3.8) is 0 Å². The number of carbonyl (C=O) groups is 1. The van der Waals surface area contributed by atoms with Crippen molar-refractivity contribution >= 4 is 34.9 Å². The van der Waals surface area contributed by atoms with Crippen LogP contribution in [0.3, 0.4) is 0 Å². The van der Waals surface area contributed by atoms with Crippen molar-refractivity contribution < 1.29 is 9.18 Å². The molecule has 0 aliphatic rings. The van der Waals surface area contributed by atoms with Gasteiger partial charge in [-0.1, -0.05) is 23.2 Å². The number of halogens is 3. The van der Waals surface area contributed by atoms with E-state index in [1.165, 1.54) is 12.4 Å². The van der Waals surface area contributed by atoms with Gasteiger partial charge in [0.1, 0.15) is 28.3 Å². The standard InChI is InChI=1S/C10H5Cl2FN4O/c11-7-2-8(16-4-15-7)17-10(18)6-1-5(13)3-14-9(6)12/h1-4H,(H,15,16,17,18). The minimum Gasteiger partial charge on any atom is -0.306 e. The van der Waals surface area contributed by atoms with E-state index in [1.807, 2.05) is 0 Å². The van der Waals surface area contributed by atoms with E-state index in [9.17, 15) is 9.18 Å². The number of nitrogens with one attached hydrogen (secondary N) is 1. The lowest BCUT2D eigenvalue weighted by Gasteiger charge is -2.05. The van der Waals surface area contributed by atoms with Crippen LogP contribution in [-0.4, -0.2) is 20.9 Å². The number of anilines is 1. The molecule has 2 aromatic rings. The molecule has 0 aliphatic heterocycles. The molecular formula is C10H5Cl2FN4O. The second-order valence-electron chi connectivity index (χ2n) is 3.17. The molecule has 0 bridgehead atoms. The minimum absolute atomic E-state index is 0.0913. The molecule has 2 rings (SSSR count). The molecule has 92 valence electrons. The van der Waals surface area contributed by atoms with E-state index < -0.39 is 11.7 Å². The second-order valence-corrected chi connectivity index (χ2v) is 3.92. The van der Waals surface area contributed by atoms with Crippen LogP contribution in [0.4, 0.5) is 10.2 Å². The van der Waals surface area contributed by atoms with Gasteiger partial charge in [0.2, 0.25) is 0 Å². The van der Waals surface area contributed by atoms with E-state index >= 15 is 0 Å². The van der Waals surface area contributed by atoms with Crippen LogP contribution in [0.2, 0.25) is 10.3 Å². The van der Waals surface area contributed by atoms with Gasteiger partial charge >= 0.3 is 0 Å². The first-order chi connectivity index (χ1) is 8.56. The van der Waals surface area contributed by atoms with Gasteiger partial charge in [-0.2, -0.15) is 0 Å². The number of nitrogens with zero attached hydrogens (tertiary/aromatic N) is 3. The molecule has 8 heteroatoms. The Kier molecular flexibility index (Phi) is 3.69. The van der Waals surface area contributed by atoms with Gasteiger partial charge in [0.15, 0.2) is 0 Å². The van der Waals surface area contributed by atoms with Crippen LogP contribution in [0.25, 0.3) is 0 Å². The minimum atomic E-state index is -0.662. The predicted octanol–water partition coefficient (Wildman–Crippen LogP) is 2.57. The molecule has 0 radical (unpaired) electrons. The number of hydrogen-bond donors (Lipinski definition) is 1. The molecule has 0 aromatic carbocycles. The normalized spacial score (nSPS) is 10.2. The number of hydrogen-bond acceptors (Lipinski definition) is 4. The van der Waals surface area contributed by atoms with E-state index in [4.69, 9.17) is 23.2 Å². The van der Waals surface area contributed by atoms with Crippen molar-refractivity contribution in [2.45, 2.75) is 0 Å². The topological polar surface area (TPSA) is 67.8 Å². The molecule has 1 amide bonds. The molecule has 2 heterocycles. The zero-order valence-corrected chi connectivity index (χ0v) is 10.2. The summed E-state index contributed by atoms with van der Waals surface area (Å²) < 4.78 is 13.0. The maximum Gasteiger partial charge on any atom is 0.260 e. The van der Waals surface area contributed by atoms with Crippen molar-refractivity contribution in [1.82, 2.24) is 15.0 Å². The third-order valence-corrected chi connectivity index (χ3v) is 2.43. The zero-order valence-electron chi connectivity index (χ0n) is 8.69. The van der Waals surface area contributed by atoms with E-state index in [2.05, 4.69) is 20.3 Å². The SMILES string of the molecule is O=C(Nc1cc(Cl)ncn1)c1cc(F)cnc1Cl. The molecule has 18 heavy (non-hydrogen) atoms. The van der Waals surface area contributed by atoms with Crippen molar-refractivity contribution in [1.29, 1.82) is 0 Å². The van der Waals surface area contributed by atoms with Crippen LogP contribution < -0.4 is 5.32 Å². The van der Waals surface area contributed by atoms with Crippen LogP contribution in [0, 0.1) is 5.82 Å². The molecule has 0 fully saturated rings. The molecule has 0 unspecified atom stereocenters. The molecule has 2 aromatic heterocycles. The average molecular weight is 287 g/mol. The Morgan fingerprint density at radius 2 is 2.00 bits per heavy atom. The molecule has 0 aliphatic carbocycles. The summed E-state index contributed by atoms with van der Waals surface area (Å²) in [5, 5.41) is 2.47. The summed E-state index contributed by atoms with van der Waals surface area (Å²) in [6.45, 7) is 0. The fourth-order valence-corrected chi connectivity index (χ4v) is 1.50. The van der Waals surface area contributed by atoms with Crippen LogP contribution >= 0.6 is 23.2 Å². The van der Waals surface area contributed by atoms with Gasteiger partial charge in [0.25, 0.3) is 5.91 Å². The van der Waals surface area contributed by atoms with Gasteiger partial charge in [0, 0.05) is 6.07 Å². The van der Waals surface area contributed by atoms with Gasteiger partial charge in [-0.05, 0) is 6.07 Å². The Hall–Kier alpha value is -1.79. The number of pyridine rings is 1. The van der Waals surface area contributed by atoms with Crippen molar-refractivity contribution in [2.75, 3.05) is 5.32 Å². The first-order valence-electron chi connectivity index (χ1n) is 4.66. The Bertz CT molecular complexity index is 608. The van der Waals surface area contributed by atoms with Crippen molar-refractivity contribution in [3.05, 3.63) is 46.3 Å². The number of amides is 1. The van der Waals surface area contributed by atoms with E-state index in [1.54, 1.807) is 0 Å². The van der Waals surface area contributed by atoms with Crippen LogP contribution in [0.5, 0.6) is 0 Å². The fraction of sp³-hybridized carbons (Fsp3) is 0. The third-order valence-electron chi connectivity index (χ3n) is 1.93. The van der Waals surface area contributed by atoms with Crippen LogP contribution in [0.15, 0.2) is 24.7 Å². The summed E-state index contributed by atoms with van der Waals surface area (Å²) in [5.74, 6) is -1.12. The highest BCUT2D eigenvalue weighted by atomic mass is 35.5. The van der Waals surface area contributed by atoms with E-state index in [0.717, 1.165) is 12.3 Å². The van der Waals surface area contributed by atoms with Crippen molar-refractivity contribution in [3.8, 4) is 0 Å². The number of rotatable bonds is 2. The summed E-state index contributed by atoms with van der Waals surface area (Å²) >= 11 is 11.3. The lowest BCUT2D eigenvalue weighted by atomic mass is 10.2. The lowest BCUT2D eigenvalue weighted by Crippen LogP contribution is -2.14. The van der Waals surface area contributed by atoms with Gasteiger partial charge < -0.3 is 5.32 Å². The molecule has 0 saturated heterocycles. The monoisotopic (exact) mass is 286 g/mol.